The number of nitrogens with zero attached hydrogens (tertiary/aromatic N) is 4. The molecule has 2 fully saturated rings. The minimum absolute atomic E-state index is 0.344. The molecule has 0 radical (unpaired) electrons. The number of fused-ring (bicyclic) bond motifs is 1. The lowest BCUT2D eigenvalue weighted by Gasteiger charge is -2.36. The maximum Gasteiger partial charge on any atom is 0.223 e. The van der Waals surface area contributed by atoms with Crippen LogP contribution in [-0.2, 0) is 4.74 Å². The summed E-state index contributed by atoms with van der Waals surface area (Å²) in [4.78, 5) is 16.3. The van der Waals surface area contributed by atoms with E-state index in [1.165, 1.54) is 0 Å². The molecule has 0 spiro atoms. The minimum atomic E-state index is 0.344. The number of rotatable bonds is 4. The number of pyridine rings is 1. The smallest absolute Gasteiger partial charge is 0.223 e. The number of ether oxygens (including phenoxy) is 1. The fraction of sp³-hybridized carbons (Fsp3) is 0.571. The molecule has 27 heavy (non-hydrogen) atoms. The summed E-state index contributed by atoms with van der Waals surface area (Å²) in [6, 6.07) is 6.92. The molecular formula is C21H29N5O. The first-order valence-electron chi connectivity index (χ1n) is 9.89. The molecule has 2 aliphatic heterocycles. The highest BCUT2D eigenvalue weighted by molar-refractivity contribution is 5.62. The van der Waals surface area contributed by atoms with Crippen LogP contribution in [-0.4, -0.2) is 57.7 Å². The Morgan fingerprint density at radius 1 is 1.15 bits per heavy atom. The summed E-state index contributed by atoms with van der Waals surface area (Å²) in [6.07, 6.45) is 3.24. The highest BCUT2D eigenvalue weighted by atomic mass is 16.5. The van der Waals surface area contributed by atoms with Crippen molar-refractivity contribution >= 4 is 5.95 Å². The van der Waals surface area contributed by atoms with E-state index in [9.17, 15) is 0 Å². The highest BCUT2D eigenvalue weighted by Crippen LogP contribution is 2.27. The van der Waals surface area contributed by atoms with Crippen molar-refractivity contribution in [2.24, 2.45) is 5.92 Å². The standard InChI is InChI=1S/C21H29N5O/c1-13(2)20-11-26-10-16(9-17(26)12-27-20)24-21-22-8-7-19(25-21)18-6-5-14(3)23-15(18)4/h5-8,13,16-17,20H,9-12H2,1-4H3,(H,22,24,25)/t16-,17-,20-/m0/s1. The molecule has 4 heterocycles. The van der Waals surface area contributed by atoms with Crippen LogP contribution in [0.3, 0.4) is 0 Å². The average molecular weight is 367 g/mol. The van der Waals surface area contributed by atoms with Crippen molar-refractivity contribution in [2.75, 3.05) is 25.0 Å². The number of hydrogen-bond acceptors (Lipinski definition) is 6. The van der Waals surface area contributed by atoms with Crippen molar-refractivity contribution in [1.82, 2.24) is 19.9 Å². The highest BCUT2D eigenvalue weighted by Gasteiger charge is 2.38. The second kappa shape index (κ2) is 7.52. The molecule has 0 saturated carbocycles. The molecule has 4 rings (SSSR count). The van der Waals surface area contributed by atoms with E-state index < -0.39 is 0 Å². The summed E-state index contributed by atoms with van der Waals surface area (Å²) in [5.41, 5.74) is 3.99. The molecule has 0 unspecified atom stereocenters. The van der Waals surface area contributed by atoms with Crippen LogP contribution in [0.15, 0.2) is 24.4 Å². The number of anilines is 1. The topological polar surface area (TPSA) is 63.2 Å². The van der Waals surface area contributed by atoms with E-state index in [0.29, 0.717) is 30.1 Å². The number of hydrogen-bond donors (Lipinski definition) is 1. The summed E-state index contributed by atoms with van der Waals surface area (Å²) in [6.45, 7) is 11.4. The van der Waals surface area contributed by atoms with Gasteiger partial charge >= 0.3 is 0 Å². The largest absolute Gasteiger partial charge is 0.375 e. The SMILES string of the molecule is Cc1ccc(-c2ccnc(N[C@H]3C[C@H]4CO[C@H](C(C)C)CN4C3)n2)c(C)n1. The van der Waals surface area contributed by atoms with Crippen LogP contribution in [0, 0.1) is 19.8 Å². The third-order valence-corrected chi connectivity index (χ3v) is 5.68. The van der Waals surface area contributed by atoms with Crippen LogP contribution in [0.2, 0.25) is 0 Å². The zero-order valence-corrected chi connectivity index (χ0v) is 16.6. The van der Waals surface area contributed by atoms with E-state index in [2.05, 4.69) is 40.1 Å². The van der Waals surface area contributed by atoms with Gasteiger partial charge < -0.3 is 10.1 Å². The molecule has 0 aromatic carbocycles. The van der Waals surface area contributed by atoms with Gasteiger partial charge in [0.05, 0.1) is 18.4 Å². The van der Waals surface area contributed by atoms with Gasteiger partial charge in [-0.3, -0.25) is 9.88 Å². The van der Waals surface area contributed by atoms with Crippen molar-refractivity contribution in [2.45, 2.75) is 52.3 Å². The van der Waals surface area contributed by atoms with Gasteiger partial charge in [0.2, 0.25) is 5.95 Å². The van der Waals surface area contributed by atoms with Gasteiger partial charge in [0, 0.05) is 48.3 Å². The molecule has 2 aliphatic rings. The summed E-state index contributed by atoms with van der Waals surface area (Å²) < 4.78 is 6.04. The molecule has 6 heteroatoms. The molecule has 0 amide bonds. The van der Waals surface area contributed by atoms with E-state index in [4.69, 9.17) is 9.72 Å². The normalized spacial score (nSPS) is 25.6. The first-order chi connectivity index (χ1) is 13.0. The number of morpholine rings is 1. The zero-order valence-electron chi connectivity index (χ0n) is 16.6. The molecule has 3 atom stereocenters. The third kappa shape index (κ3) is 3.96. The molecule has 1 N–H and O–H groups in total. The van der Waals surface area contributed by atoms with Crippen LogP contribution in [0.1, 0.15) is 31.7 Å². The maximum absolute atomic E-state index is 6.04. The Hall–Kier alpha value is -2.05. The maximum atomic E-state index is 6.04. The van der Waals surface area contributed by atoms with Crippen molar-refractivity contribution in [3.63, 3.8) is 0 Å². The predicted molar refractivity (Wildman–Crippen MR) is 107 cm³/mol. The summed E-state index contributed by atoms with van der Waals surface area (Å²) in [5, 5.41) is 3.54. The Morgan fingerprint density at radius 3 is 2.78 bits per heavy atom. The first-order valence-corrected chi connectivity index (χ1v) is 9.89. The summed E-state index contributed by atoms with van der Waals surface area (Å²) in [7, 11) is 0. The van der Waals surface area contributed by atoms with Crippen LogP contribution in [0.5, 0.6) is 0 Å². The van der Waals surface area contributed by atoms with E-state index in [-0.39, 0.29) is 0 Å². The molecule has 144 valence electrons. The zero-order chi connectivity index (χ0) is 19.0. The molecule has 0 bridgehead atoms. The minimum Gasteiger partial charge on any atom is -0.375 e. The first kappa shape index (κ1) is 18.3. The molecule has 2 aromatic rings. The average Bonchev–Trinajstić information content (AvgIpc) is 3.03. The van der Waals surface area contributed by atoms with Gasteiger partial charge in [0.1, 0.15) is 0 Å². The van der Waals surface area contributed by atoms with E-state index in [1.54, 1.807) is 0 Å². The monoisotopic (exact) mass is 367 g/mol. The van der Waals surface area contributed by atoms with Gasteiger partial charge in [0.15, 0.2) is 0 Å². The van der Waals surface area contributed by atoms with Crippen LogP contribution < -0.4 is 5.32 Å². The van der Waals surface area contributed by atoms with Crippen LogP contribution in [0.4, 0.5) is 5.95 Å². The Kier molecular flexibility index (Phi) is 5.10. The molecule has 6 nitrogen and oxygen atoms in total. The Balaban J connectivity index is 1.45. The lowest BCUT2D eigenvalue weighted by molar-refractivity contribution is -0.0683. The molecule has 0 aliphatic carbocycles. The van der Waals surface area contributed by atoms with Crippen molar-refractivity contribution < 1.29 is 4.74 Å². The Morgan fingerprint density at radius 2 is 2.00 bits per heavy atom. The van der Waals surface area contributed by atoms with E-state index in [1.807, 2.05) is 32.2 Å². The lowest BCUT2D eigenvalue weighted by Crippen LogP contribution is -2.48. The van der Waals surface area contributed by atoms with E-state index in [0.717, 1.165) is 48.8 Å². The van der Waals surface area contributed by atoms with Crippen molar-refractivity contribution in [3.05, 3.63) is 35.8 Å². The van der Waals surface area contributed by atoms with Crippen LogP contribution in [0.25, 0.3) is 11.3 Å². The van der Waals surface area contributed by atoms with Gasteiger partial charge in [-0.1, -0.05) is 13.8 Å². The number of aromatic nitrogens is 3. The molecule has 2 aromatic heterocycles. The Labute approximate surface area is 161 Å². The van der Waals surface area contributed by atoms with Gasteiger partial charge in [-0.05, 0) is 44.4 Å². The van der Waals surface area contributed by atoms with Gasteiger partial charge in [0.25, 0.3) is 0 Å². The fourth-order valence-electron chi connectivity index (χ4n) is 4.13. The van der Waals surface area contributed by atoms with Crippen molar-refractivity contribution in [3.8, 4) is 11.3 Å². The summed E-state index contributed by atoms with van der Waals surface area (Å²) >= 11 is 0. The number of nitrogens with one attached hydrogen (secondary N) is 1. The number of aryl methyl sites for hydroxylation is 2. The summed E-state index contributed by atoms with van der Waals surface area (Å²) in [5.74, 6) is 1.25. The van der Waals surface area contributed by atoms with Gasteiger partial charge in [-0.15, -0.1) is 0 Å². The quantitative estimate of drug-likeness (QED) is 0.896. The van der Waals surface area contributed by atoms with E-state index >= 15 is 0 Å². The van der Waals surface area contributed by atoms with Crippen LogP contribution >= 0.6 is 0 Å². The molecular weight excluding hydrogens is 338 g/mol. The molecule has 2 saturated heterocycles. The Bertz CT molecular complexity index is 809. The van der Waals surface area contributed by atoms with Gasteiger partial charge in [-0.25, -0.2) is 9.97 Å². The third-order valence-electron chi connectivity index (χ3n) is 5.68. The second-order valence-corrected chi connectivity index (χ2v) is 8.15. The predicted octanol–water partition coefficient (Wildman–Crippen LogP) is 3.07. The van der Waals surface area contributed by atoms with Crippen molar-refractivity contribution in [1.29, 1.82) is 0 Å². The van der Waals surface area contributed by atoms with Gasteiger partial charge in [-0.2, -0.15) is 0 Å². The second-order valence-electron chi connectivity index (χ2n) is 8.15. The lowest BCUT2D eigenvalue weighted by atomic mass is 10.0. The fourth-order valence-corrected chi connectivity index (χ4v) is 4.13.